The maximum atomic E-state index is 10.3. The van der Waals surface area contributed by atoms with Gasteiger partial charge in [0.25, 0.3) is 0 Å². The molecule has 0 aliphatic carbocycles. The van der Waals surface area contributed by atoms with Gasteiger partial charge in [0.15, 0.2) is 5.60 Å². The summed E-state index contributed by atoms with van der Waals surface area (Å²) in [5, 5.41) is 87.1. The molecule has 20 heteroatoms. The van der Waals surface area contributed by atoms with Crippen molar-refractivity contribution in [3.8, 4) is 0 Å². The zero-order valence-corrected chi connectivity index (χ0v) is 25.0. The Labute approximate surface area is 238 Å². The quantitative estimate of drug-likeness (QED) is 0.201. The van der Waals surface area contributed by atoms with Gasteiger partial charge in [-0.15, -0.1) is 0 Å². The van der Waals surface area contributed by atoms with E-state index >= 15 is 0 Å². The number of aliphatic hydroxyl groups is 1. The first kappa shape index (κ1) is 54.9. The van der Waals surface area contributed by atoms with E-state index in [1.54, 1.807) is 0 Å². The third-order valence-electron chi connectivity index (χ3n) is 1.29. The van der Waals surface area contributed by atoms with E-state index in [1.807, 2.05) is 0 Å². The number of rotatable bonds is 5. The molecule has 216 valence electrons. The average Bonchev–Trinajstić information content (AvgIpc) is 2.49. The van der Waals surface area contributed by atoms with Gasteiger partial charge >= 0.3 is 49.0 Å². The van der Waals surface area contributed by atoms with E-state index in [9.17, 15) is 14.4 Å². The monoisotopic (exact) mass is 784 g/mol. The summed E-state index contributed by atoms with van der Waals surface area (Å²) in [4.78, 5) is 83.8. The molecular formula is C18H26O19U. The number of carbonyl (C=O) groups is 9. The summed E-state index contributed by atoms with van der Waals surface area (Å²) >= 11 is 0. The topological polar surface area (TPSA) is 373 Å². The van der Waals surface area contributed by atoms with Crippen molar-refractivity contribution in [3.63, 3.8) is 0 Å². The van der Waals surface area contributed by atoms with Crippen molar-refractivity contribution in [1.82, 2.24) is 0 Å². The maximum absolute atomic E-state index is 10.3. The van der Waals surface area contributed by atoms with E-state index in [1.165, 1.54) is 0 Å². The minimum Gasteiger partial charge on any atom is -0.550 e. The number of hydrogen-bond acceptors (Lipinski definition) is 16. The zero-order chi connectivity index (χ0) is 32.1. The molecule has 19 nitrogen and oxygen atoms in total. The molecule has 0 saturated carbocycles. The van der Waals surface area contributed by atoms with Crippen molar-refractivity contribution in [1.29, 1.82) is 0 Å². The van der Waals surface area contributed by atoms with Gasteiger partial charge in [-0.05, 0) is 41.5 Å². The molecule has 0 saturated heterocycles. The first-order chi connectivity index (χ1) is 16.2. The van der Waals surface area contributed by atoms with E-state index in [2.05, 4.69) is 0 Å². The number of aliphatic carboxylic acids is 9. The summed E-state index contributed by atoms with van der Waals surface area (Å²) in [5.41, 5.74) is -2.74. The molecule has 0 aliphatic heterocycles. The van der Waals surface area contributed by atoms with E-state index < -0.39 is 72.2 Å². The largest absolute Gasteiger partial charge is 6.00 e. The first-order valence-electron chi connectivity index (χ1n) is 8.62. The third-order valence-corrected chi connectivity index (χ3v) is 1.29. The molecule has 0 amide bonds. The molecule has 0 aromatic heterocycles. The second-order valence-corrected chi connectivity index (χ2v) is 5.43. The van der Waals surface area contributed by atoms with Crippen molar-refractivity contribution in [2.45, 2.75) is 60.0 Å². The standard InChI is InChI=1S/C6H8O7.6C2H4O2.U/c7-3(8)1-6(13,5(11)12)2-4(9)10;6*1-2(3)4;/h13H,1-2H2,(H,7,8)(H,9,10)(H,11,12);6*1H3,(H,3,4);/q;;;;;;;+6/p-6. The van der Waals surface area contributed by atoms with Crippen LogP contribution in [0.2, 0.25) is 0 Å². The van der Waals surface area contributed by atoms with Crippen LogP contribution in [0.25, 0.3) is 0 Å². The fraction of sp³-hybridized carbons (Fsp3) is 0.500. The van der Waals surface area contributed by atoms with Crippen LogP contribution in [0.1, 0.15) is 54.4 Å². The van der Waals surface area contributed by atoms with Gasteiger partial charge < -0.3 is 79.8 Å². The van der Waals surface area contributed by atoms with Crippen LogP contribution >= 0.6 is 0 Å². The molecule has 0 heterocycles. The molecular weight excluding hydrogens is 758 g/mol. The van der Waals surface area contributed by atoms with Crippen LogP contribution in [0.3, 0.4) is 0 Å². The van der Waals surface area contributed by atoms with Gasteiger partial charge in [0, 0.05) is 35.8 Å². The molecule has 0 spiro atoms. The number of carbonyl (C=O) groups excluding carboxylic acids is 6. The molecule has 0 rings (SSSR count). The Morgan fingerprint density at radius 1 is 0.474 bits per heavy atom. The fourth-order valence-corrected chi connectivity index (χ4v) is 0.714. The molecule has 0 aliphatic rings. The second kappa shape index (κ2) is 35.4. The van der Waals surface area contributed by atoms with Crippen molar-refractivity contribution in [3.05, 3.63) is 0 Å². The average molecular weight is 784 g/mol. The third kappa shape index (κ3) is 210. The Balaban J connectivity index is -0.0000000505. The molecule has 0 bridgehead atoms. The van der Waals surface area contributed by atoms with Crippen molar-refractivity contribution >= 4 is 53.7 Å². The predicted molar refractivity (Wildman–Crippen MR) is 101 cm³/mol. The van der Waals surface area contributed by atoms with E-state index in [0.29, 0.717) is 0 Å². The SMILES string of the molecule is CC(=O)[O-].CC(=O)[O-].CC(=O)[O-].CC(=O)[O-].CC(=O)[O-].CC(=O)[O-].O=C(O)CC(O)(CC(=O)O)C(=O)O.[U+6]. The smallest absolute Gasteiger partial charge is 0.550 e. The summed E-state index contributed by atoms with van der Waals surface area (Å²) in [6.45, 7) is 5.83. The Kier molecular flexibility index (Phi) is 51.2. The molecule has 38 heavy (non-hydrogen) atoms. The Hall–Kier alpha value is -3.76. The van der Waals surface area contributed by atoms with E-state index in [4.69, 9.17) is 79.8 Å². The Bertz CT molecular complexity index is 611. The summed E-state index contributed by atoms with van der Waals surface area (Å²) < 4.78 is 0. The number of hydrogen-bond donors (Lipinski definition) is 4. The van der Waals surface area contributed by atoms with Gasteiger partial charge in [-0.1, -0.05) is 0 Å². The summed E-state index contributed by atoms with van der Waals surface area (Å²) in [6.07, 6.45) is -2.29. The van der Waals surface area contributed by atoms with E-state index in [-0.39, 0.29) is 31.1 Å². The molecule has 4 N–H and O–H groups in total. The molecule has 0 atom stereocenters. The van der Waals surface area contributed by atoms with Gasteiger partial charge in [0.2, 0.25) is 0 Å². The maximum Gasteiger partial charge on any atom is 6.00 e. The van der Waals surface area contributed by atoms with Crippen molar-refractivity contribution in [2.75, 3.05) is 0 Å². The van der Waals surface area contributed by atoms with Crippen LogP contribution in [0.5, 0.6) is 0 Å². The minimum absolute atomic E-state index is 0. The molecule has 0 aromatic carbocycles. The Morgan fingerprint density at radius 3 is 0.632 bits per heavy atom. The predicted octanol–water partition coefficient (Wildman–Crippen LogP) is -8.71. The Morgan fingerprint density at radius 2 is 0.579 bits per heavy atom. The van der Waals surface area contributed by atoms with Crippen LogP contribution < -0.4 is 30.6 Å². The molecule has 0 radical (unpaired) electrons. The van der Waals surface area contributed by atoms with Crippen LogP contribution in [-0.2, 0) is 43.2 Å². The number of carboxylic acids is 9. The van der Waals surface area contributed by atoms with Gasteiger partial charge in [-0.2, -0.15) is 0 Å². The summed E-state index contributed by atoms with van der Waals surface area (Å²) in [5.74, 6) is -11.5. The van der Waals surface area contributed by atoms with Gasteiger partial charge in [-0.25, -0.2) is 4.79 Å². The molecule has 0 unspecified atom stereocenters. The van der Waals surface area contributed by atoms with Gasteiger partial charge in [-0.3, -0.25) is 9.59 Å². The summed E-state index contributed by atoms with van der Waals surface area (Å²) in [7, 11) is 0. The minimum atomic E-state index is -2.74. The second-order valence-electron chi connectivity index (χ2n) is 5.43. The first-order valence-corrected chi connectivity index (χ1v) is 8.62. The van der Waals surface area contributed by atoms with Crippen molar-refractivity contribution < 1.29 is 125 Å². The molecule has 0 fully saturated rings. The van der Waals surface area contributed by atoms with Gasteiger partial charge in [0.1, 0.15) is 0 Å². The summed E-state index contributed by atoms with van der Waals surface area (Å²) in [6, 6.07) is 0. The number of carboxylic acid groups (broad SMARTS) is 9. The van der Waals surface area contributed by atoms with Crippen LogP contribution in [0, 0.1) is 31.1 Å². The fourth-order valence-electron chi connectivity index (χ4n) is 0.714. The molecule has 0 aromatic rings. The van der Waals surface area contributed by atoms with E-state index in [0.717, 1.165) is 41.5 Å². The van der Waals surface area contributed by atoms with Crippen LogP contribution in [0.15, 0.2) is 0 Å². The van der Waals surface area contributed by atoms with Crippen molar-refractivity contribution in [2.24, 2.45) is 0 Å². The zero-order valence-electron chi connectivity index (χ0n) is 20.8. The van der Waals surface area contributed by atoms with Gasteiger partial charge in [0.05, 0.1) is 12.8 Å². The normalized spacial score (nSPS) is 7.66. The van der Waals surface area contributed by atoms with Crippen LogP contribution in [0.4, 0.5) is 0 Å². The van der Waals surface area contributed by atoms with Crippen LogP contribution in [-0.4, -0.2) is 79.8 Å².